The molecule has 0 spiro atoms. The Labute approximate surface area is 108 Å². The van der Waals surface area contributed by atoms with Gasteiger partial charge in [-0.25, -0.2) is 0 Å². The lowest BCUT2D eigenvalue weighted by atomic mass is 9.84. The van der Waals surface area contributed by atoms with Gasteiger partial charge in [0.25, 0.3) is 0 Å². The summed E-state index contributed by atoms with van der Waals surface area (Å²) in [5.74, 6) is 0. The van der Waals surface area contributed by atoms with E-state index in [1.54, 1.807) is 11.8 Å². The van der Waals surface area contributed by atoms with E-state index in [9.17, 15) is 0 Å². The molecule has 0 bridgehead atoms. The summed E-state index contributed by atoms with van der Waals surface area (Å²) in [6.45, 7) is 5.37. The Morgan fingerprint density at radius 1 is 1.41 bits per heavy atom. The van der Waals surface area contributed by atoms with Crippen molar-refractivity contribution in [1.82, 2.24) is 0 Å². The fourth-order valence-electron chi connectivity index (χ4n) is 2.19. The molecular formula is C14H21NOS. The highest BCUT2D eigenvalue weighted by Gasteiger charge is 2.28. The molecule has 0 saturated carbocycles. The predicted octanol–water partition coefficient (Wildman–Crippen LogP) is 3.87. The molecule has 0 aliphatic carbocycles. The van der Waals surface area contributed by atoms with Crippen LogP contribution >= 0.6 is 11.8 Å². The zero-order valence-corrected chi connectivity index (χ0v) is 11.6. The van der Waals surface area contributed by atoms with Crippen molar-refractivity contribution in [2.75, 3.05) is 18.6 Å². The first kappa shape index (κ1) is 12.8. The van der Waals surface area contributed by atoms with E-state index in [1.807, 2.05) is 6.07 Å². The van der Waals surface area contributed by atoms with Crippen LogP contribution in [-0.4, -0.2) is 12.9 Å². The Hall–Kier alpha value is -0.670. The van der Waals surface area contributed by atoms with E-state index in [2.05, 4.69) is 32.2 Å². The standard InChI is InChI=1S/C14H21NOS/c1-14(2)7-6-12(16-9-14)10-4-5-11(15)13(8-10)17-3/h4-5,8,12H,6-7,9,15H2,1-3H3. The normalized spacial score (nSPS) is 23.6. The zero-order chi connectivity index (χ0) is 12.5. The maximum absolute atomic E-state index is 5.97. The van der Waals surface area contributed by atoms with Gasteiger partial charge in [-0.15, -0.1) is 11.8 Å². The van der Waals surface area contributed by atoms with Gasteiger partial charge in [0.1, 0.15) is 0 Å². The zero-order valence-electron chi connectivity index (χ0n) is 10.8. The van der Waals surface area contributed by atoms with Gasteiger partial charge in [-0.2, -0.15) is 0 Å². The lowest BCUT2D eigenvalue weighted by molar-refractivity contribution is -0.0498. The minimum absolute atomic E-state index is 0.245. The van der Waals surface area contributed by atoms with E-state index in [1.165, 1.54) is 12.0 Å². The van der Waals surface area contributed by atoms with Crippen molar-refractivity contribution in [2.24, 2.45) is 5.41 Å². The average Bonchev–Trinajstić information content (AvgIpc) is 2.30. The molecule has 1 atom stereocenters. The Morgan fingerprint density at radius 3 is 2.76 bits per heavy atom. The second-order valence-corrected chi connectivity index (χ2v) is 6.35. The topological polar surface area (TPSA) is 35.2 Å². The highest BCUT2D eigenvalue weighted by atomic mass is 32.2. The van der Waals surface area contributed by atoms with Crippen molar-refractivity contribution in [3.8, 4) is 0 Å². The molecule has 1 fully saturated rings. The monoisotopic (exact) mass is 251 g/mol. The number of ether oxygens (including phenoxy) is 1. The molecule has 1 aromatic carbocycles. The van der Waals surface area contributed by atoms with E-state index in [-0.39, 0.29) is 6.10 Å². The molecule has 1 aliphatic rings. The number of anilines is 1. The molecule has 2 rings (SSSR count). The molecule has 17 heavy (non-hydrogen) atoms. The third-order valence-electron chi connectivity index (χ3n) is 3.39. The van der Waals surface area contributed by atoms with Crippen LogP contribution in [0.25, 0.3) is 0 Å². The second kappa shape index (κ2) is 4.91. The summed E-state index contributed by atoms with van der Waals surface area (Å²) in [4.78, 5) is 1.15. The van der Waals surface area contributed by atoms with E-state index >= 15 is 0 Å². The largest absolute Gasteiger partial charge is 0.398 e. The van der Waals surface area contributed by atoms with Gasteiger partial charge in [-0.05, 0) is 42.2 Å². The van der Waals surface area contributed by atoms with Crippen molar-refractivity contribution in [1.29, 1.82) is 0 Å². The number of thioether (sulfide) groups is 1. The summed E-state index contributed by atoms with van der Waals surface area (Å²) in [5, 5.41) is 0. The Balaban J connectivity index is 2.13. The first-order chi connectivity index (χ1) is 8.02. The summed E-state index contributed by atoms with van der Waals surface area (Å²) in [5.41, 5.74) is 8.36. The van der Waals surface area contributed by atoms with Gasteiger partial charge in [-0.3, -0.25) is 0 Å². The first-order valence-electron chi connectivity index (χ1n) is 6.07. The van der Waals surface area contributed by atoms with Crippen molar-refractivity contribution < 1.29 is 4.74 Å². The Morgan fingerprint density at radius 2 is 2.18 bits per heavy atom. The van der Waals surface area contributed by atoms with E-state index < -0.39 is 0 Å². The molecule has 1 saturated heterocycles. The molecule has 1 aliphatic heterocycles. The second-order valence-electron chi connectivity index (χ2n) is 5.50. The maximum Gasteiger partial charge on any atom is 0.0825 e. The van der Waals surface area contributed by atoms with Crippen molar-refractivity contribution >= 4 is 17.4 Å². The molecule has 2 N–H and O–H groups in total. The lowest BCUT2D eigenvalue weighted by Gasteiger charge is -2.34. The minimum atomic E-state index is 0.245. The minimum Gasteiger partial charge on any atom is -0.398 e. The SMILES string of the molecule is CSc1cc(C2CCC(C)(C)CO2)ccc1N. The summed E-state index contributed by atoms with van der Waals surface area (Å²) in [6.07, 6.45) is 4.62. The number of benzene rings is 1. The molecular weight excluding hydrogens is 230 g/mol. The fourth-order valence-corrected chi connectivity index (χ4v) is 2.75. The van der Waals surface area contributed by atoms with E-state index in [4.69, 9.17) is 10.5 Å². The quantitative estimate of drug-likeness (QED) is 0.640. The van der Waals surface area contributed by atoms with Gasteiger partial charge in [0.2, 0.25) is 0 Å². The number of hydrogen-bond donors (Lipinski definition) is 1. The van der Waals surface area contributed by atoms with Crippen LogP contribution in [0.5, 0.6) is 0 Å². The smallest absolute Gasteiger partial charge is 0.0825 e. The highest BCUT2D eigenvalue weighted by Crippen LogP contribution is 2.38. The molecule has 1 aromatic rings. The van der Waals surface area contributed by atoms with Gasteiger partial charge in [-0.1, -0.05) is 19.9 Å². The number of rotatable bonds is 2. The van der Waals surface area contributed by atoms with Crippen LogP contribution < -0.4 is 5.73 Å². The highest BCUT2D eigenvalue weighted by molar-refractivity contribution is 7.98. The molecule has 0 aromatic heterocycles. The van der Waals surface area contributed by atoms with Gasteiger partial charge < -0.3 is 10.5 Å². The van der Waals surface area contributed by atoms with Crippen molar-refractivity contribution in [3.05, 3.63) is 23.8 Å². The van der Waals surface area contributed by atoms with E-state index in [0.29, 0.717) is 5.41 Å². The molecule has 0 radical (unpaired) electrons. The third kappa shape index (κ3) is 2.96. The molecule has 1 heterocycles. The average molecular weight is 251 g/mol. The van der Waals surface area contributed by atoms with Gasteiger partial charge in [0, 0.05) is 10.6 Å². The maximum atomic E-state index is 5.97. The van der Waals surface area contributed by atoms with Crippen LogP contribution in [0.3, 0.4) is 0 Å². The number of nitrogens with two attached hydrogens (primary N) is 1. The van der Waals surface area contributed by atoms with Crippen LogP contribution in [0.15, 0.2) is 23.1 Å². The summed E-state index contributed by atoms with van der Waals surface area (Å²) in [7, 11) is 0. The first-order valence-corrected chi connectivity index (χ1v) is 7.29. The lowest BCUT2D eigenvalue weighted by Crippen LogP contribution is -2.27. The van der Waals surface area contributed by atoms with Crippen LogP contribution in [0.4, 0.5) is 5.69 Å². The van der Waals surface area contributed by atoms with Gasteiger partial charge in [0.15, 0.2) is 0 Å². The summed E-state index contributed by atoms with van der Waals surface area (Å²) < 4.78 is 5.97. The van der Waals surface area contributed by atoms with Gasteiger partial charge >= 0.3 is 0 Å². The summed E-state index contributed by atoms with van der Waals surface area (Å²) in [6, 6.07) is 6.26. The van der Waals surface area contributed by atoms with Crippen LogP contribution in [0.1, 0.15) is 38.4 Å². The Kier molecular flexibility index (Phi) is 3.69. The van der Waals surface area contributed by atoms with E-state index in [0.717, 1.165) is 23.6 Å². The van der Waals surface area contributed by atoms with Crippen LogP contribution in [-0.2, 0) is 4.74 Å². The number of hydrogen-bond acceptors (Lipinski definition) is 3. The van der Waals surface area contributed by atoms with Crippen molar-refractivity contribution in [2.45, 2.75) is 37.7 Å². The van der Waals surface area contributed by atoms with Crippen LogP contribution in [0.2, 0.25) is 0 Å². The molecule has 1 unspecified atom stereocenters. The fraction of sp³-hybridized carbons (Fsp3) is 0.571. The summed E-state index contributed by atoms with van der Waals surface area (Å²) >= 11 is 1.69. The molecule has 2 nitrogen and oxygen atoms in total. The molecule has 3 heteroatoms. The molecule has 94 valence electrons. The Bertz CT molecular complexity index is 393. The van der Waals surface area contributed by atoms with Crippen molar-refractivity contribution in [3.63, 3.8) is 0 Å². The van der Waals surface area contributed by atoms with Crippen LogP contribution in [0, 0.1) is 5.41 Å². The third-order valence-corrected chi connectivity index (χ3v) is 4.18. The van der Waals surface area contributed by atoms with Gasteiger partial charge in [0.05, 0.1) is 12.7 Å². The number of nitrogen functional groups attached to an aromatic ring is 1. The molecule has 0 amide bonds. The predicted molar refractivity (Wildman–Crippen MR) is 74.3 cm³/mol.